The molecule has 1 heterocycles. The molecule has 1 saturated carbocycles. The molecule has 1 saturated heterocycles. The number of likely N-dealkylation sites (N-methyl/N-ethyl adjacent to an activating group) is 1. The van der Waals surface area contributed by atoms with Crippen molar-refractivity contribution < 1.29 is 4.79 Å². The minimum absolute atomic E-state index is 0.0508. The summed E-state index contributed by atoms with van der Waals surface area (Å²) in [4.78, 5) is 20.7. The van der Waals surface area contributed by atoms with E-state index in [4.69, 9.17) is 11.6 Å². The molecule has 0 aromatic heterocycles. The molecule has 1 amide bonds. The molecule has 1 aromatic carbocycles. The van der Waals surface area contributed by atoms with E-state index in [1.54, 1.807) is 11.9 Å². The average Bonchev–Trinajstić information content (AvgIpc) is 3.36. The molecule has 3 rings (SSSR count). The second kappa shape index (κ2) is 9.81. The zero-order chi connectivity index (χ0) is 20.9. The summed E-state index contributed by atoms with van der Waals surface area (Å²) < 4.78 is 0. The number of hydrogen-bond acceptors (Lipinski definition) is 3. The zero-order valence-electron chi connectivity index (χ0n) is 17.9. The smallest absolute Gasteiger partial charge is 0.239 e. The highest BCUT2D eigenvalue weighted by Crippen LogP contribution is 2.48. The van der Waals surface area contributed by atoms with Crippen molar-refractivity contribution in [1.82, 2.24) is 20.4 Å². The highest BCUT2D eigenvalue weighted by Gasteiger charge is 2.44. The summed E-state index contributed by atoms with van der Waals surface area (Å²) in [5, 5.41) is 7.69. The molecular formula is C22H34ClN5O. The fourth-order valence-corrected chi connectivity index (χ4v) is 4.36. The van der Waals surface area contributed by atoms with Crippen LogP contribution in [-0.4, -0.2) is 75.0 Å². The molecule has 7 heteroatoms. The quantitative estimate of drug-likeness (QED) is 0.386. The number of likely N-dealkylation sites (tertiary alicyclic amines) is 1. The predicted octanol–water partition coefficient (Wildman–Crippen LogP) is 2.48. The van der Waals surface area contributed by atoms with Gasteiger partial charge in [0.2, 0.25) is 5.91 Å². The molecule has 1 aliphatic heterocycles. The summed E-state index contributed by atoms with van der Waals surface area (Å²) >= 11 is 6.17. The summed E-state index contributed by atoms with van der Waals surface area (Å²) in [5.41, 5.74) is 1.48. The lowest BCUT2D eigenvalue weighted by atomic mass is 9.96. The van der Waals surface area contributed by atoms with E-state index in [1.807, 2.05) is 26.2 Å². The Morgan fingerprint density at radius 1 is 1.34 bits per heavy atom. The van der Waals surface area contributed by atoms with Crippen LogP contribution in [-0.2, 0) is 10.2 Å². The predicted molar refractivity (Wildman–Crippen MR) is 120 cm³/mol. The SMILES string of the molecule is CN=C(NCCCN1CCCC1C(=O)N(C)C)NCC1(c2cccc(Cl)c2)CC1. The minimum Gasteiger partial charge on any atom is -0.356 e. The first kappa shape index (κ1) is 21.9. The monoisotopic (exact) mass is 419 g/mol. The van der Waals surface area contributed by atoms with Crippen LogP contribution in [0.2, 0.25) is 5.02 Å². The Hall–Kier alpha value is -1.79. The number of halogens is 1. The van der Waals surface area contributed by atoms with Crippen molar-refractivity contribution in [2.45, 2.75) is 43.6 Å². The molecule has 0 radical (unpaired) electrons. The van der Waals surface area contributed by atoms with Crippen LogP contribution in [0.15, 0.2) is 29.3 Å². The van der Waals surface area contributed by atoms with Crippen LogP contribution in [0.25, 0.3) is 0 Å². The number of carbonyl (C=O) groups excluding carboxylic acids is 1. The number of rotatable bonds is 8. The van der Waals surface area contributed by atoms with Gasteiger partial charge in [-0.3, -0.25) is 14.7 Å². The third-order valence-corrected chi connectivity index (χ3v) is 6.35. The van der Waals surface area contributed by atoms with Gasteiger partial charge in [-0.15, -0.1) is 0 Å². The third-order valence-electron chi connectivity index (χ3n) is 6.11. The first-order valence-electron chi connectivity index (χ1n) is 10.6. The number of nitrogens with one attached hydrogen (secondary N) is 2. The second-order valence-corrected chi connectivity index (χ2v) is 8.86. The third kappa shape index (κ3) is 5.64. The molecule has 0 bridgehead atoms. The first-order chi connectivity index (χ1) is 13.9. The fourth-order valence-electron chi connectivity index (χ4n) is 4.17. The molecule has 1 aromatic rings. The maximum atomic E-state index is 12.3. The standard InChI is InChI=1S/C22H34ClN5O/c1-24-21(26-16-22(10-11-22)17-7-4-8-18(23)15-17)25-12-6-14-28-13-5-9-19(28)20(29)27(2)3/h4,7-8,15,19H,5-6,9-14,16H2,1-3H3,(H2,24,25,26). The molecule has 1 atom stereocenters. The van der Waals surface area contributed by atoms with Crippen LogP contribution < -0.4 is 10.6 Å². The average molecular weight is 420 g/mol. The van der Waals surface area contributed by atoms with E-state index >= 15 is 0 Å². The van der Waals surface area contributed by atoms with Gasteiger partial charge in [-0.05, 0) is 56.3 Å². The van der Waals surface area contributed by atoms with Crippen molar-refractivity contribution in [3.05, 3.63) is 34.9 Å². The van der Waals surface area contributed by atoms with Crippen LogP contribution >= 0.6 is 11.6 Å². The van der Waals surface area contributed by atoms with Crippen LogP contribution in [0.1, 0.15) is 37.7 Å². The lowest BCUT2D eigenvalue weighted by molar-refractivity contribution is -0.133. The molecule has 1 aliphatic carbocycles. The van der Waals surface area contributed by atoms with Gasteiger partial charge in [-0.25, -0.2) is 0 Å². The molecule has 2 aliphatic rings. The summed E-state index contributed by atoms with van der Waals surface area (Å²) in [7, 11) is 5.48. The Kier molecular flexibility index (Phi) is 7.41. The number of guanidine groups is 1. The lowest BCUT2D eigenvalue weighted by Crippen LogP contribution is -2.44. The number of amides is 1. The van der Waals surface area contributed by atoms with E-state index in [0.717, 1.165) is 56.4 Å². The Balaban J connectivity index is 1.41. The largest absolute Gasteiger partial charge is 0.356 e. The van der Waals surface area contributed by atoms with Gasteiger partial charge >= 0.3 is 0 Å². The van der Waals surface area contributed by atoms with Crippen molar-refractivity contribution in [2.75, 3.05) is 47.3 Å². The van der Waals surface area contributed by atoms with E-state index in [0.29, 0.717) is 0 Å². The Morgan fingerprint density at radius 2 is 2.14 bits per heavy atom. The molecular weight excluding hydrogens is 386 g/mol. The van der Waals surface area contributed by atoms with Gasteiger partial charge in [0.15, 0.2) is 5.96 Å². The van der Waals surface area contributed by atoms with Crippen molar-refractivity contribution in [1.29, 1.82) is 0 Å². The van der Waals surface area contributed by atoms with E-state index in [-0.39, 0.29) is 17.4 Å². The second-order valence-electron chi connectivity index (χ2n) is 8.42. The summed E-state index contributed by atoms with van der Waals surface area (Å²) in [6, 6.07) is 8.24. The summed E-state index contributed by atoms with van der Waals surface area (Å²) in [6.07, 6.45) is 5.41. The van der Waals surface area contributed by atoms with Gasteiger partial charge < -0.3 is 15.5 Å². The van der Waals surface area contributed by atoms with Crippen LogP contribution in [0.4, 0.5) is 0 Å². The molecule has 2 N–H and O–H groups in total. The maximum Gasteiger partial charge on any atom is 0.239 e. The topological polar surface area (TPSA) is 60.0 Å². The van der Waals surface area contributed by atoms with Crippen molar-refractivity contribution >= 4 is 23.5 Å². The van der Waals surface area contributed by atoms with Crippen LogP contribution in [0.5, 0.6) is 0 Å². The van der Waals surface area contributed by atoms with Crippen LogP contribution in [0.3, 0.4) is 0 Å². The van der Waals surface area contributed by atoms with Crippen molar-refractivity contribution in [3.8, 4) is 0 Å². The van der Waals surface area contributed by atoms with Gasteiger partial charge in [0.05, 0.1) is 6.04 Å². The number of benzene rings is 1. The Labute approximate surface area is 179 Å². The molecule has 1 unspecified atom stereocenters. The number of nitrogens with zero attached hydrogens (tertiary/aromatic N) is 3. The summed E-state index contributed by atoms with van der Waals surface area (Å²) in [5.74, 6) is 1.06. The van der Waals surface area contributed by atoms with Gasteiger partial charge in [-0.2, -0.15) is 0 Å². The highest BCUT2D eigenvalue weighted by atomic mass is 35.5. The van der Waals surface area contributed by atoms with Crippen molar-refractivity contribution in [2.24, 2.45) is 4.99 Å². The Morgan fingerprint density at radius 3 is 2.79 bits per heavy atom. The normalized spacial score (nSPS) is 21.1. The van der Waals surface area contributed by atoms with Gasteiger partial charge in [0.1, 0.15) is 0 Å². The van der Waals surface area contributed by atoms with Gasteiger partial charge in [-0.1, -0.05) is 23.7 Å². The van der Waals surface area contributed by atoms with Crippen molar-refractivity contribution in [3.63, 3.8) is 0 Å². The van der Waals surface area contributed by atoms with Gasteiger partial charge in [0, 0.05) is 51.2 Å². The first-order valence-corrected chi connectivity index (χ1v) is 11.0. The zero-order valence-corrected chi connectivity index (χ0v) is 18.6. The molecule has 29 heavy (non-hydrogen) atoms. The minimum atomic E-state index is 0.0508. The lowest BCUT2D eigenvalue weighted by Gasteiger charge is -2.26. The summed E-state index contributed by atoms with van der Waals surface area (Å²) in [6.45, 7) is 3.64. The number of carbonyl (C=O) groups is 1. The highest BCUT2D eigenvalue weighted by molar-refractivity contribution is 6.30. The fraction of sp³-hybridized carbons (Fsp3) is 0.636. The van der Waals surface area contributed by atoms with E-state index in [2.05, 4.69) is 32.7 Å². The maximum absolute atomic E-state index is 12.3. The molecule has 0 spiro atoms. The van der Waals surface area contributed by atoms with Crippen LogP contribution in [0, 0.1) is 0 Å². The van der Waals surface area contributed by atoms with E-state index < -0.39 is 0 Å². The molecule has 2 fully saturated rings. The molecule has 160 valence electrons. The van der Waals surface area contributed by atoms with Gasteiger partial charge in [0.25, 0.3) is 0 Å². The number of hydrogen-bond donors (Lipinski definition) is 2. The van der Waals surface area contributed by atoms with E-state index in [9.17, 15) is 4.79 Å². The number of aliphatic imine (C=N–C) groups is 1. The van der Waals surface area contributed by atoms with E-state index in [1.165, 1.54) is 18.4 Å². The molecule has 6 nitrogen and oxygen atoms in total. The Bertz CT molecular complexity index is 732.